The highest BCUT2D eigenvalue weighted by Gasteiger charge is 2.19. The van der Waals surface area contributed by atoms with E-state index in [2.05, 4.69) is 10.3 Å². The van der Waals surface area contributed by atoms with Gasteiger partial charge in [-0.1, -0.05) is 18.2 Å². The van der Waals surface area contributed by atoms with Crippen LogP contribution in [0.2, 0.25) is 0 Å². The van der Waals surface area contributed by atoms with Crippen molar-refractivity contribution >= 4 is 15.7 Å². The highest BCUT2D eigenvalue weighted by molar-refractivity contribution is 7.91. The average molecular weight is 311 g/mol. The summed E-state index contributed by atoms with van der Waals surface area (Å²) in [7, 11) is -1.36. The molecular formula is C14H21N3O3S. The standard InChI is InChI=1S/C14H21N3O3S/c1-16-8-10-17(11-9-16)15-14(18)7-12-21(19,20)13-5-3-2-4-6-13/h2-6H,7-12H2,1H3,(H,15,18). The quantitative estimate of drug-likeness (QED) is 0.837. The minimum absolute atomic E-state index is 0.0242. The second-order valence-corrected chi connectivity index (χ2v) is 7.32. The van der Waals surface area contributed by atoms with Crippen molar-refractivity contribution in [2.75, 3.05) is 39.0 Å². The summed E-state index contributed by atoms with van der Waals surface area (Å²) in [5.74, 6) is -0.421. The fraction of sp³-hybridized carbons (Fsp3) is 0.500. The molecule has 0 aromatic heterocycles. The zero-order valence-corrected chi connectivity index (χ0v) is 13.0. The molecule has 1 aliphatic heterocycles. The third-order valence-electron chi connectivity index (χ3n) is 3.49. The van der Waals surface area contributed by atoms with E-state index in [1.807, 2.05) is 12.1 Å². The van der Waals surface area contributed by atoms with Crippen molar-refractivity contribution in [3.63, 3.8) is 0 Å². The van der Waals surface area contributed by atoms with Crippen LogP contribution in [0.4, 0.5) is 0 Å². The maximum absolute atomic E-state index is 12.1. The molecular weight excluding hydrogens is 290 g/mol. The Hall–Kier alpha value is -1.44. The van der Waals surface area contributed by atoms with Gasteiger partial charge in [0, 0.05) is 32.6 Å². The molecule has 7 heteroatoms. The highest BCUT2D eigenvalue weighted by atomic mass is 32.2. The van der Waals surface area contributed by atoms with Gasteiger partial charge in [-0.15, -0.1) is 0 Å². The van der Waals surface area contributed by atoms with Crippen LogP contribution in [0.1, 0.15) is 6.42 Å². The Labute approximate surface area is 125 Å². The molecule has 116 valence electrons. The number of rotatable bonds is 5. The number of piperazine rings is 1. The number of carbonyl (C=O) groups excluding carboxylic acids is 1. The Kier molecular flexibility index (Phi) is 5.33. The Morgan fingerprint density at radius 3 is 2.38 bits per heavy atom. The fourth-order valence-electron chi connectivity index (χ4n) is 2.12. The molecule has 2 rings (SSSR count). The van der Waals surface area contributed by atoms with Gasteiger partial charge in [0.15, 0.2) is 9.84 Å². The van der Waals surface area contributed by atoms with Crippen LogP contribution in [0, 0.1) is 0 Å². The van der Waals surface area contributed by atoms with Gasteiger partial charge in [0.05, 0.1) is 10.6 Å². The molecule has 0 bridgehead atoms. The Balaban J connectivity index is 1.81. The van der Waals surface area contributed by atoms with Gasteiger partial charge in [-0.05, 0) is 19.2 Å². The summed E-state index contributed by atoms with van der Waals surface area (Å²) < 4.78 is 24.1. The number of nitrogens with one attached hydrogen (secondary N) is 1. The van der Waals surface area contributed by atoms with E-state index in [1.165, 1.54) is 0 Å². The van der Waals surface area contributed by atoms with Crippen molar-refractivity contribution in [2.24, 2.45) is 0 Å². The first-order valence-electron chi connectivity index (χ1n) is 6.98. The Morgan fingerprint density at radius 1 is 1.14 bits per heavy atom. The van der Waals surface area contributed by atoms with Crippen molar-refractivity contribution in [3.05, 3.63) is 30.3 Å². The minimum atomic E-state index is -3.39. The first-order chi connectivity index (χ1) is 9.97. The highest BCUT2D eigenvalue weighted by Crippen LogP contribution is 2.11. The second kappa shape index (κ2) is 7.02. The molecule has 1 N–H and O–H groups in total. The lowest BCUT2D eigenvalue weighted by molar-refractivity contribution is -0.126. The molecule has 0 radical (unpaired) electrons. The molecule has 0 saturated carbocycles. The van der Waals surface area contributed by atoms with Crippen LogP contribution < -0.4 is 5.43 Å². The van der Waals surface area contributed by atoms with Crippen molar-refractivity contribution in [1.82, 2.24) is 15.3 Å². The molecule has 1 heterocycles. The molecule has 1 saturated heterocycles. The topological polar surface area (TPSA) is 69.7 Å². The second-order valence-electron chi connectivity index (χ2n) is 5.21. The van der Waals surface area contributed by atoms with Crippen LogP contribution in [0.5, 0.6) is 0 Å². The van der Waals surface area contributed by atoms with E-state index < -0.39 is 9.84 Å². The summed E-state index contributed by atoms with van der Waals surface area (Å²) in [6.07, 6.45) is -0.0242. The minimum Gasteiger partial charge on any atom is -0.304 e. The number of hydrogen-bond acceptors (Lipinski definition) is 5. The van der Waals surface area contributed by atoms with Crippen LogP contribution in [-0.2, 0) is 14.6 Å². The van der Waals surface area contributed by atoms with Crippen LogP contribution in [0.3, 0.4) is 0 Å². The largest absolute Gasteiger partial charge is 0.304 e. The Bertz CT molecular complexity index is 566. The van der Waals surface area contributed by atoms with Crippen molar-refractivity contribution in [2.45, 2.75) is 11.3 Å². The molecule has 1 aromatic carbocycles. The monoisotopic (exact) mass is 311 g/mol. The maximum atomic E-state index is 12.1. The average Bonchev–Trinajstić information content (AvgIpc) is 2.49. The van der Waals surface area contributed by atoms with Gasteiger partial charge in [0.25, 0.3) is 0 Å². The zero-order valence-electron chi connectivity index (χ0n) is 12.2. The van der Waals surface area contributed by atoms with E-state index in [9.17, 15) is 13.2 Å². The molecule has 0 spiro atoms. The molecule has 1 amide bonds. The van der Waals surface area contributed by atoms with Crippen LogP contribution in [0.15, 0.2) is 35.2 Å². The van der Waals surface area contributed by atoms with Crippen molar-refractivity contribution in [1.29, 1.82) is 0 Å². The SMILES string of the molecule is CN1CCN(NC(=O)CCS(=O)(=O)c2ccccc2)CC1. The first kappa shape index (κ1) is 15.9. The summed E-state index contributed by atoms with van der Waals surface area (Å²) in [4.78, 5) is 14.3. The summed E-state index contributed by atoms with van der Waals surface area (Å²) in [5.41, 5.74) is 2.77. The van der Waals surface area contributed by atoms with E-state index in [0.29, 0.717) is 0 Å². The van der Waals surface area contributed by atoms with Crippen LogP contribution in [-0.4, -0.2) is 63.2 Å². The molecule has 0 aliphatic carbocycles. The van der Waals surface area contributed by atoms with E-state index in [0.717, 1.165) is 26.2 Å². The first-order valence-corrected chi connectivity index (χ1v) is 8.63. The summed E-state index contributed by atoms with van der Waals surface area (Å²) in [6.45, 7) is 3.30. The molecule has 0 atom stereocenters. The smallest absolute Gasteiger partial charge is 0.235 e. The number of hydrogen-bond donors (Lipinski definition) is 1. The normalized spacial score (nSPS) is 17.6. The van der Waals surface area contributed by atoms with Crippen LogP contribution in [0.25, 0.3) is 0 Å². The van der Waals surface area contributed by atoms with E-state index >= 15 is 0 Å². The lowest BCUT2D eigenvalue weighted by Gasteiger charge is -2.32. The van der Waals surface area contributed by atoms with Gasteiger partial charge in [0.2, 0.25) is 5.91 Å². The van der Waals surface area contributed by atoms with Crippen molar-refractivity contribution in [3.8, 4) is 0 Å². The van der Waals surface area contributed by atoms with Gasteiger partial charge in [-0.25, -0.2) is 13.4 Å². The number of carbonyl (C=O) groups is 1. The van der Waals surface area contributed by atoms with Crippen molar-refractivity contribution < 1.29 is 13.2 Å². The molecule has 1 aromatic rings. The van der Waals surface area contributed by atoms with E-state index in [1.54, 1.807) is 30.3 Å². The third-order valence-corrected chi connectivity index (χ3v) is 5.22. The van der Waals surface area contributed by atoms with E-state index in [4.69, 9.17) is 0 Å². The molecule has 0 unspecified atom stereocenters. The fourth-order valence-corrected chi connectivity index (χ4v) is 3.38. The number of likely N-dealkylation sites (N-methyl/N-ethyl adjacent to an activating group) is 1. The number of sulfone groups is 1. The number of amides is 1. The predicted octanol–water partition coefficient (Wildman–Crippen LogP) is 0.129. The lowest BCUT2D eigenvalue weighted by Crippen LogP contribution is -2.52. The summed E-state index contributed by atoms with van der Waals surface area (Å²) in [6, 6.07) is 8.22. The van der Waals surface area contributed by atoms with Gasteiger partial charge in [-0.2, -0.15) is 0 Å². The predicted molar refractivity (Wildman–Crippen MR) is 80.3 cm³/mol. The maximum Gasteiger partial charge on any atom is 0.235 e. The van der Waals surface area contributed by atoms with Gasteiger partial charge >= 0.3 is 0 Å². The number of benzene rings is 1. The lowest BCUT2D eigenvalue weighted by atomic mass is 10.4. The molecule has 6 nitrogen and oxygen atoms in total. The zero-order chi connectivity index (χ0) is 15.3. The molecule has 1 fully saturated rings. The third kappa shape index (κ3) is 4.80. The Morgan fingerprint density at radius 2 is 1.76 bits per heavy atom. The van der Waals surface area contributed by atoms with Gasteiger partial charge in [0.1, 0.15) is 0 Å². The molecule has 21 heavy (non-hydrogen) atoms. The van der Waals surface area contributed by atoms with E-state index in [-0.39, 0.29) is 23.0 Å². The van der Waals surface area contributed by atoms with Crippen LogP contribution >= 0.6 is 0 Å². The summed E-state index contributed by atoms with van der Waals surface area (Å²) in [5, 5.41) is 1.84. The number of nitrogens with zero attached hydrogens (tertiary/aromatic N) is 2. The van der Waals surface area contributed by atoms with Gasteiger partial charge < -0.3 is 4.90 Å². The summed E-state index contributed by atoms with van der Waals surface area (Å²) >= 11 is 0. The molecule has 1 aliphatic rings. The van der Waals surface area contributed by atoms with Gasteiger partial charge in [-0.3, -0.25) is 10.2 Å². The number of hydrazine groups is 1.